The second-order valence-electron chi connectivity index (χ2n) is 5.25. The van der Waals surface area contributed by atoms with Crippen molar-refractivity contribution in [1.29, 1.82) is 0 Å². The molecule has 1 aliphatic carbocycles. The molecule has 17 heavy (non-hydrogen) atoms. The maximum Gasteiger partial charge on any atom is 0.157 e. The zero-order valence-electron chi connectivity index (χ0n) is 11.0. The minimum atomic E-state index is 0.118. The van der Waals surface area contributed by atoms with Gasteiger partial charge in [-0.15, -0.1) is 0 Å². The lowest BCUT2D eigenvalue weighted by molar-refractivity contribution is -0.0560. The van der Waals surface area contributed by atoms with Gasteiger partial charge in [0.2, 0.25) is 0 Å². The van der Waals surface area contributed by atoms with E-state index in [-0.39, 0.29) is 17.6 Å². The number of aromatic nitrogens is 2. The van der Waals surface area contributed by atoms with E-state index in [0.717, 1.165) is 31.6 Å². The van der Waals surface area contributed by atoms with Gasteiger partial charge in [0.05, 0.1) is 12.4 Å². The summed E-state index contributed by atoms with van der Waals surface area (Å²) < 4.78 is 7.92. The zero-order valence-corrected chi connectivity index (χ0v) is 11.0. The number of nitrogens with two attached hydrogens (primary N) is 1. The average Bonchev–Trinajstić information content (AvgIpc) is 2.76. The first-order valence-corrected chi connectivity index (χ1v) is 6.54. The van der Waals surface area contributed by atoms with Crippen LogP contribution in [0.5, 0.6) is 5.75 Å². The maximum atomic E-state index is 6.06. The quantitative estimate of drug-likeness (QED) is 0.854. The number of ether oxygens (including phenoxy) is 1. The van der Waals surface area contributed by atoms with Crippen LogP contribution in [0, 0.1) is 5.41 Å². The van der Waals surface area contributed by atoms with E-state index in [1.807, 2.05) is 10.9 Å². The Morgan fingerprint density at radius 2 is 2.35 bits per heavy atom. The molecule has 4 heteroatoms. The summed E-state index contributed by atoms with van der Waals surface area (Å²) in [5.41, 5.74) is 6.18. The summed E-state index contributed by atoms with van der Waals surface area (Å²) in [7, 11) is 0. The molecule has 3 unspecified atom stereocenters. The molecule has 0 aromatic carbocycles. The number of rotatable bonds is 5. The van der Waals surface area contributed by atoms with Crippen LogP contribution in [0.15, 0.2) is 12.4 Å². The molecule has 1 heterocycles. The van der Waals surface area contributed by atoms with Crippen molar-refractivity contribution < 1.29 is 4.74 Å². The molecule has 2 N–H and O–H groups in total. The van der Waals surface area contributed by atoms with Crippen molar-refractivity contribution >= 4 is 0 Å². The molecule has 4 nitrogen and oxygen atoms in total. The molecule has 0 aliphatic heterocycles. The number of hydrogen-bond donors (Lipinski definition) is 1. The van der Waals surface area contributed by atoms with Gasteiger partial charge in [0, 0.05) is 24.4 Å². The fourth-order valence-corrected chi connectivity index (χ4v) is 2.44. The second kappa shape index (κ2) is 4.69. The number of aryl methyl sites for hydroxylation is 1. The van der Waals surface area contributed by atoms with Gasteiger partial charge in [-0.1, -0.05) is 20.8 Å². The predicted molar refractivity (Wildman–Crippen MR) is 67.9 cm³/mol. The normalized spacial score (nSPS) is 32.2. The van der Waals surface area contributed by atoms with Crippen molar-refractivity contribution in [3.63, 3.8) is 0 Å². The summed E-state index contributed by atoms with van der Waals surface area (Å²) >= 11 is 0. The van der Waals surface area contributed by atoms with Gasteiger partial charge in [0.25, 0.3) is 0 Å². The Labute approximate surface area is 103 Å². The molecule has 1 aliphatic rings. The van der Waals surface area contributed by atoms with Crippen LogP contribution in [0.1, 0.15) is 40.0 Å². The lowest BCUT2D eigenvalue weighted by Crippen LogP contribution is -2.61. The van der Waals surface area contributed by atoms with E-state index in [9.17, 15) is 0 Å². The largest absolute Gasteiger partial charge is 0.486 e. The Morgan fingerprint density at radius 3 is 2.94 bits per heavy atom. The Morgan fingerprint density at radius 1 is 1.59 bits per heavy atom. The topological polar surface area (TPSA) is 53.1 Å². The minimum absolute atomic E-state index is 0.118. The summed E-state index contributed by atoms with van der Waals surface area (Å²) in [5.74, 6) is 0.870. The van der Waals surface area contributed by atoms with E-state index in [1.54, 1.807) is 6.20 Å². The molecule has 0 saturated heterocycles. The van der Waals surface area contributed by atoms with E-state index in [4.69, 9.17) is 10.5 Å². The average molecular weight is 237 g/mol. The third-order valence-corrected chi connectivity index (χ3v) is 4.15. The van der Waals surface area contributed by atoms with Crippen LogP contribution >= 0.6 is 0 Å². The first kappa shape index (κ1) is 12.4. The molecular formula is C13H23N3O. The van der Waals surface area contributed by atoms with E-state index in [0.29, 0.717) is 0 Å². The van der Waals surface area contributed by atoms with Crippen LogP contribution in [0.2, 0.25) is 0 Å². The Hall–Kier alpha value is -1.03. The molecule has 0 bridgehead atoms. The molecule has 0 amide bonds. The van der Waals surface area contributed by atoms with Gasteiger partial charge in [0.1, 0.15) is 6.10 Å². The molecular weight excluding hydrogens is 214 g/mol. The SMILES string of the molecule is CCCn1cc(OC2CC(N)C2(C)CC)cn1. The summed E-state index contributed by atoms with van der Waals surface area (Å²) in [6.45, 7) is 7.47. The summed E-state index contributed by atoms with van der Waals surface area (Å²) in [5, 5.41) is 4.27. The second-order valence-corrected chi connectivity index (χ2v) is 5.25. The lowest BCUT2D eigenvalue weighted by atomic mass is 9.62. The van der Waals surface area contributed by atoms with E-state index < -0.39 is 0 Å². The Bertz CT molecular complexity index is 376. The predicted octanol–water partition coefficient (Wildman–Crippen LogP) is 2.19. The third kappa shape index (κ3) is 2.18. The van der Waals surface area contributed by atoms with Crippen LogP contribution in [0.4, 0.5) is 0 Å². The fraction of sp³-hybridized carbons (Fsp3) is 0.769. The van der Waals surface area contributed by atoms with Crippen molar-refractivity contribution in [3.8, 4) is 5.75 Å². The molecule has 1 aromatic heterocycles. The van der Waals surface area contributed by atoms with Crippen molar-refractivity contribution in [2.45, 2.75) is 58.7 Å². The highest BCUT2D eigenvalue weighted by Gasteiger charge is 2.50. The van der Waals surface area contributed by atoms with Crippen LogP contribution in [-0.2, 0) is 6.54 Å². The Kier molecular flexibility index (Phi) is 3.43. The fourth-order valence-electron chi connectivity index (χ4n) is 2.44. The van der Waals surface area contributed by atoms with Gasteiger partial charge >= 0.3 is 0 Å². The van der Waals surface area contributed by atoms with Crippen molar-refractivity contribution in [2.24, 2.45) is 11.1 Å². The van der Waals surface area contributed by atoms with E-state index >= 15 is 0 Å². The van der Waals surface area contributed by atoms with Gasteiger partial charge < -0.3 is 10.5 Å². The van der Waals surface area contributed by atoms with Crippen LogP contribution in [0.25, 0.3) is 0 Å². The van der Waals surface area contributed by atoms with Gasteiger partial charge in [-0.3, -0.25) is 4.68 Å². The monoisotopic (exact) mass is 237 g/mol. The minimum Gasteiger partial charge on any atom is -0.486 e. The first-order chi connectivity index (χ1) is 8.10. The summed E-state index contributed by atoms with van der Waals surface area (Å²) in [6, 6.07) is 0.267. The standard InChI is InChI=1S/C13H23N3O/c1-4-6-16-9-10(8-15-16)17-12-7-11(14)13(12,3)5-2/h8-9,11-12H,4-7,14H2,1-3H3. The Balaban J connectivity index is 1.97. The smallest absolute Gasteiger partial charge is 0.157 e. The maximum absolute atomic E-state index is 6.06. The summed E-state index contributed by atoms with van der Waals surface area (Å²) in [6.07, 6.45) is 7.11. The van der Waals surface area contributed by atoms with Gasteiger partial charge in [-0.2, -0.15) is 5.10 Å². The zero-order chi connectivity index (χ0) is 12.5. The highest BCUT2D eigenvalue weighted by atomic mass is 16.5. The molecule has 1 saturated carbocycles. The number of nitrogens with zero attached hydrogens (tertiary/aromatic N) is 2. The molecule has 3 atom stereocenters. The summed E-state index contributed by atoms with van der Waals surface area (Å²) in [4.78, 5) is 0. The van der Waals surface area contributed by atoms with Crippen molar-refractivity contribution in [2.75, 3.05) is 0 Å². The van der Waals surface area contributed by atoms with E-state index in [1.165, 1.54) is 0 Å². The van der Waals surface area contributed by atoms with Gasteiger partial charge in [0.15, 0.2) is 5.75 Å². The van der Waals surface area contributed by atoms with E-state index in [2.05, 4.69) is 25.9 Å². The van der Waals surface area contributed by atoms with Crippen LogP contribution in [0.3, 0.4) is 0 Å². The molecule has 2 rings (SSSR count). The lowest BCUT2D eigenvalue weighted by Gasteiger charge is -2.51. The number of hydrogen-bond acceptors (Lipinski definition) is 3. The van der Waals surface area contributed by atoms with Crippen LogP contribution in [-0.4, -0.2) is 21.9 Å². The van der Waals surface area contributed by atoms with Gasteiger partial charge in [-0.05, 0) is 12.8 Å². The molecule has 1 aromatic rings. The van der Waals surface area contributed by atoms with Crippen LogP contribution < -0.4 is 10.5 Å². The van der Waals surface area contributed by atoms with Crippen molar-refractivity contribution in [3.05, 3.63) is 12.4 Å². The molecule has 1 fully saturated rings. The van der Waals surface area contributed by atoms with Crippen molar-refractivity contribution in [1.82, 2.24) is 9.78 Å². The first-order valence-electron chi connectivity index (χ1n) is 6.54. The molecule has 0 spiro atoms. The molecule has 96 valence electrons. The van der Waals surface area contributed by atoms with Gasteiger partial charge in [-0.25, -0.2) is 0 Å². The highest BCUT2D eigenvalue weighted by molar-refractivity contribution is 5.15. The molecule has 0 radical (unpaired) electrons. The third-order valence-electron chi connectivity index (χ3n) is 4.15. The highest BCUT2D eigenvalue weighted by Crippen LogP contribution is 2.44.